The molecule has 2 atom stereocenters. The van der Waals surface area contributed by atoms with Gasteiger partial charge in [0.2, 0.25) is 0 Å². The second-order valence-electron chi connectivity index (χ2n) is 3.80. The molecule has 2 rings (SSSR count). The maximum atomic E-state index is 11.7. The molecule has 0 aliphatic carbocycles. The number of likely N-dealkylation sites (N-methyl/N-ethyl adjacent to an activating group) is 1. The van der Waals surface area contributed by atoms with E-state index in [-0.39, 0.29) is 6.03 Å². The predicted octanol–water partition coefficient (Wildman–Crippen LogP) is 2.27. The minimum absolute atomic E-state index is 0.0913. The summed E-state index contributed by atoms with van der Waals surface area (Å²) >= 11 is 0. The van der Waals surface area contributed by atoms with Crippen molar-refractivity contribution in [1.29, 1.82) is 0 Å². The normalized spacial score (nSPS) is 24.8. The molecular formula is C12H15N2OP. The first-order chi connectivity index (χ1) is 7.59. The van der Waals surface area contributed by atoms with Crippen molar-refractivity contribution >= 4 is 15.3 Å². The van der Waals surface area contributed by atoms with Crippen molar-refractivity contribution in [3.63, 3.8) is 0 Å². The molecule has 3 nitrogen and oxygen atoms in total. The molecule has 0 saturated carbocycles. The van der Waals surface area contributed by atoms with Gasteiger partial charge in [-0.1, -0.05) is 46.2 Å². The molecule has 2 unspecified atom stereocenters. The summed E-state index contributed by atoms with van der Waals surface area (Å²) in [5, 5.41) is 2.39. The Balaban J connectivity index is 2.42. The third kappa shape index (κ3) is 1.52. The first-order valence-corrected chi connectivity index (χ1v) is 5.80. The molecule has 1 aliphatic heterocycles. The molecule has 16 heavy (non-hydrogen) atoms. The lowest BCUT2D eigenvalue weighted by molar-refractivity contribution is 0.225. The highest BCUT2D eigenvalue weighted by molar-refractivity contribution is 7.19. The van der Waals surface area contributed by atoms with Gasteiger partial charge >= 0.3 is 6.03 Å². The maximum absolute atomic E-state index is 11.7. The number of amides is 2. The van der Waals surface area contributed by atoms with Crippen LogP contribution in [0, 0.1) is 0 Å². The topological polar surface area (TPSA) is 32.3 Å². The standard InChI is InChI=1S/C12H15N2OP/c1-3-14-9(2)12(16,13-11(14)15)10-7-5-4-6-8-10/h4-8H,2-3,16H2,1H3,(H,13,15). The van der Waals surface area contributed by atoms with Crippen LogP contribution >= 0.6 is 9.24 Å². The largest absolute Gasteiger partial charge is 0.322 e. The van der Waals surface area contributed by atoms with Crippen molar-refractivity contribution in [2.24, 2.45) is 0 Å². The molecule has 1 aliphatic rings. The van der Waals surface area contributed by atoms with E-state index in [1.54, 1.807) is 4.90 Å². The van der Waals surface area contributed by atoms with Gasteiger partial charge in [-0.2, -0.15) is 0 Å². The van der Waals surface area contributed by atoms with Crippen LogP contribution in [0.1, 0.15) is 12.5 Å². The first-order valence-electron chi connectivity index (χ1n) is 5.23. The van der Waals surface area contributed by atoms with Gasteiger partial charge in [-0.3, -0.25) is 4.90 Å². The van der Waals surface area contributed by atoms with Gasteiger partial charge in [-0.25, -0.2) is 4.79 Å². The zero-order chi connectivity index (χ0) is 11.8. The Bertz CT molecular complexity index is 432. The fourth-order valence-corrected chi connectivity index (χ4v) is 2.39. The second kappa shape index (κ2) is 3.91. The number of carbonyl (C=O) groups excluding carboxylic acids is 1. The van der Waals surface area contributed by atoms with Gasteiger partial charge in [-0.05, 0) is 12.5 Å². The number of urea groups is 1. The van der Waals surface area contributed by atoms with Crippen molar-refractivity contribution in [3.8, 4) is 0 Å². The lowest BCUT2D eigenvalue weighted by Crippen LogP contribution is -2.33. The smallest absolute Gasteiger partial charge is 0.319 e. The van der Waals surface area contributed by atoms with Crippen molar-refractivity contribution in [1.82, 2.24) is 10.2 Å². The Hall–Kier alpha value is -1.34. The number of hydrogen-bond acceptors (Lipinski definition) is 1. The number of nitrogens with zero attached hydrogens (tertiary/aromatic N) is 1. The summed E-state index contributed by atoms with van der Waals surface area (Å²) in [4.78, 5) is 13.4. The van der Waals surface area contributed by atoms with Crippen LogP contribution in [0.4, 0.5) is 4.79 Å². The van der Waals surface area contributed by atoms with Crippen LogP contribution in [0.15, 0.2) is 42.6 Å². The zero-order valence-electron chi connectivity index (χ0n) is 9.23. The van der Waals surface area contributed by atoms with Crippen LogP contribution in [0.2, 0.25) is 0 Å². The summed E-state index contributed by atoms with van der Waals surface area (Å²) in [6.07, 6.45) is 0. The molecule has 1 saturated heterocycles. The Morgan fingerprint density at radius 2 is 2.06 bits per heavy atom. The van der Waals surface area contributed by atoms with Crippen LogP contribution in [-0.4, -0.2) is 17.5 Å². The molecule has 0 aromatic heterocycles. The van der Waals surface area contributed by atoms with Gasteiger partial charge in [0.05, 0.1) is 0 Å². The van der Waals surface area contributed by atoms with Crippen LogP contribution in [0.25, 0.3) is 0 Å². The fraction of sp³-hybridized carbons (Fsp3) is 0.250. The summed E-state index contributed by atoms with van der Waals surface area (Å²) in [7, 11) is 2.69. The van der Waals surface area contributed by atoms with Crippen molar-refractivity contribution in [2.45, 2.75) is 12.2 Å². The molecule has 0 radical (unpaired) electrons. The maximum Gasteiger partial charge on any atom is 0.322 e. The Morgan fingerprint density at radius 1 is 1.44 bits per heavy atom. The van der Waals surface area contributed by atoms with Crippen LogP contribution < -0.4 is 5.32 Å². The molecule has 0 spiro atoms. The fourth-order valence-electron chi connectivity index (χ4n) is 1.92. The van der Waals surface area contributed by atoms with E-state index in [1.165, 1.54) is 0 Å². The average Bonchev–Trinajstić information content (AvgIpc) is 2.52. The monoisotopic (exact) mass is 234 g/mol. The molecule has 1 aromatic carbocycles. The third-order valence-electron chi connectivity index (χ3n) is 2.88. The first kappa shape index (κ1) is 11.2. The van der Waals surface area contributed by atoms with Crippen LogP contribution in [-0.2, 0) is 5.28 Å². The van der Waals surface area contributed by atoms with E-state index in [9.17, 15) is 4.79 Å². The van der Waals surface area contributed by atoms with E-state index < -0.39 is 5.28 Å². The van der Waals surface area contributed by atoms with Gasteiger partial charge in [0.25, 0.3) is 0 Å². The summed E-state index contributed by atoms with van der Waals surface area (Å²) in [5.74, 6) is 0. The summed E-state index contributed by atoms with van der Waals surface area (Å²) in [6.45, 7) is 6.58. The zero-order valence-corrected chi connectivity index (χ0v) is 10.4. The highest BCUT2D eigenvalue weighted by Gasteiger charge is 2.43. The summed E-state index contributed by atoms with van der Waals surface area (Å²) in [5.41, 5.74) is 1.80. The van der Waals surface area contributed by atoms with Gasteiger partial charge in [-0.15, -0.1) is 0 Å². The molecule has 2 amide bonds. The summed E-state index contributed by atoms with van der Waals surface area (Å²) in [6, 6.07) is 9.74. The minimum Gasteiger partial charge on any atom is -0.319 e. The molecule has 1 aromatic rings. The Kier molecular flexibility index (Phi) is 2.73. The van der Waals surface area contributed by atoms with Gasteiger partial charge in [0.15, 0.2) is 0 Å². The molecular weight excluding hydrogens is 219 g/mol. The van der Waals surface area contributed by atoms with E-state index in [2.05, 4.69) is 21.1 Å². The Morgan fingerprint density at radius 3 is 2.56 bits per heavy atom. The molecule has 1 fully saturated rings. The number of nitrogens with one attached hydrogen (secondary N) is 1. The lowest BCUT2D eigenvalue weighted by Gasteiger charge is -2.26. The highest BCUT2D eigenvalue weighted by atomic mass is 31.0. The van der Waals surface area contributed by atoms with Gasteiger partial charge < -0.3 is 5.32 Å². The van der Waals surface area contributed by atoms with E-state index in [0.29, 0.717) is 6.54 Å². The van der Waals surface area contributed by atoms with E-state index in [0.717, 1.165) is 11.3 Å². The third-order valence-corrected chi connectivity index (χ3v) is 3.69. The van der Waals surface area contributed by atoms with Crippen LogP contribution in [0.3, 0.4) is 0 Å². The molecule has 1 heterocycles. The average molecular weight is 234 g/mol. The second-order valence-corrected chi connectivity index (χ2v) is 4.66. The lowest BCUT2D eigenvalue weighted by atomic mass is 10.0. The van der Waals surface area contributed by atoms with Crippen molar-refractivity contribution < 1.29 is 4.79 Å². The Labute approximate surface area is 97.7 Å². The molecule has 0 bridgehead atoms. The number of benzene rings is 1. The number of carbonyl (C=O) groups is 1. The van der Waals surface area contributed by atoms with E-state index in [1.807, 2.05) is 37.3 Å². The van der Waals surface area contributed by atoms with Crippen LogP contribution in [0.5, 0.6) is 0 Å². The van der Waals surface area contributed by atoms with Gasteiger partial charge in [0, 0.05) is 12.2 Å². The predicted molar refractivity (Wildman–Crippen MR) is 67.9 cm³/mol. The number of rotatable bonds is 2. The SMILES string of the molecule is C=C1N(CC)C(=O)NC1(P)c1ccccc1. The van der Waals surface area contributed by atoms with E-state index >= 15 is 0 Å². The molecule has 1 N–H and O–H groups in total. The molecule has 4 heteroatoms. The van der Waals surface area contributed by atoms with Crippen molar-refractivity contribution in [2.75, 3.05) is 6.54 Å². The quantitative estimate of drug-likeness (QED) is 0.782. The number of hydrogen-bond donors (Lipinski definition) is 1. The van der Waals surface area contributed by atoms with Gasteiger partial charge in [0.1, 0.15) is 5.28 Å². The highest BCUT2D eigenvalue weighted by Crippen LogP contribution is 2.41. The minimum atomic E-state index is -0.561. The summed E-state index contributed by atoms with van der Waals surface area (Å²) < 4.78 is 0. The van der Waals surface area contributed by atoms with E-state index in [4.69, 9.17) is 0 Å². The van der Waals surface area contributed by atoms with Crippen molar-refractivity contribution in [3.05, 3.63) is 48.2 Å². The molecule has 84 valence electrons.